The van der Waals surface area contributed by atoms with E-state index in [-0.39, 0.29) is 12.1 Å². The number of benzene rings is 2. The molecule has 2 aromatic carbocycles. The molecule has 0 aliphatic carbocycles. The van der Waals surface area contributed by atoms with Gasteiger partial charge in [0.05, 0.1) is 5.69 Å². The standard InChI is InChI=1S/C19H23N3O2/c1-22-13-11-15(12-14-22)20-19(23)21-17-9-5-6-10-18(17)24-16-7-3-2-4-8-16/h2-10,15H,11-14H2,1H3,(H2,20,21,23). The fourth-order valence-electron chi connectivity index (χ4n) is 2.77. The number of piperidine rings is 1. The summed E-state index contributed by atoms with van der Waals surface area (Å²) in [6, 6.07) is 17.0. The first kappa shape index (κ1) is 16.3. The molecule has 24 heavy (non-hydrogen) atoms. The van der Waals surface area contributed by atoms with Gasteiger partial charge in [0.25, 0.3) is 0 Å². The van der Waals surface area contributed by atoms with E-state index in [4.69, 9.17) is 4.74 Å². The zero-order valence-electron chi connectivity index (χ0n) is 13.9. The van der Waals surface area contributed by atoms with Crippen LogP contribution in [0.15, 0.2) is 54.6 Å². The van der Waals surface area contributed by atoms with Crippen LogP contribution in [0.3, 0.4) is 0 Å². The van der Waals surface area contributed by atoms with E-state index in [1.165, 1.54) is 0 Å². The lowest BCUT2D eigenvalue weighted by atomic mass is 10.1. The van der Waals surface area contributed by atoms with Gasteiger partial charge < -0.3 is 20.3 Å². The number of carbonyl (C=O) groups is 1. The maximum atomic E-state index is 12.3. The smallest absolute Gasteiger partial charge is 0.319 e. The average Bonchev–Trinajstić information content (AvgIpc) is 2.60. The van der Waals surface area contributed by atoms with Crippen LogP contribution in [0.25, 0.3) is 0 Å². The van der Waals surface area contributed by atoms with Crippen LogP contribution in [0.1, 0.15) is 12.8 Å². The monoisotopic (exact) mass is 325 g/mol. The van der Waals surface area contributed by atoms with Gasteiger partial charge in [0.2, 0.25) is 0 Å². The molecule has 5 heteroatoms. The van der Waals surface area contributed by atoms with Crippen molar-refractivity contribution in [2.75, 3.05) is 25.5 Å². The van der Waals surface area contributed by atoms with Crippen LogP contribution in [0, 0.1) is 0 Å². The highest BCUT2D eigenvalue weighted by Crippen LogP contribution is 2.29. The third-order valence-corrected chi connectivity index (χ3v) is 4.16. The highest BCUT2D eigenvalue weighted by molar-refractivity contribution is 5.91. The predicted molar refractivity (Wildman–Crippen MR) is 95.6 cm³/mol. The van der Waals surface area contributed by atoms with Gasteiger partial charge in [-0.3, -0.25) is 0 Å². The number of rotatable bonds is 4. The summed E-state index contributed by atoms with van der Waals surface area (Å²) in [4.78, 5) is 14.6. The molecule has 5 nitrogen and oxygen atoms in total. The molecule has 1 aliphatic rings. The van der Waals surface area contributed by atoms with Crippen molar-refractivity contribution in [3.8, 4) is 11.5 Å². The van der Waals surface area contributed by atoms with Gasteiger partial charge in [0.1, 0.15) is 5.75 Å². The van der Waals surface area contributed by atoms with Gasteiger partial charge in [0.15, 0.2) is 5.75 Å². The van der Waals surface area contributed by atoms with E-state index in [1.54, 1.807) is 0 Å². The first-order chi connectivity index (χ1) is 11.7. The van der Waals surface area contributed by atoms with Crippen molar-refractivity contribution in [1.82, 2.24) is 10.2 Å². The van der Waals surface area contributed by atoms with E-state index in [0.717, 1.165) is 31.7 Å². The Bertz CT molecular complexity index is 667. The summed E-state index contributed by atoms with van der Waals surface area (Å²) in [6.07, 6.45) is 1.96. The van der Waals surface area contributed by atoms with Crippen LogP contribution >= 0.6 is 0 Å². The largest absolute Gasteiger partial charge is 0.455 e. The second-order valence-corrected chi connectivity index (χ2v) is 6.09. The quantitative estimate of drug-likeness (QED) is 0.901. The lowest BCUT2D eigenvalue weighted by Gasteiger charge is -2.29. The molecular weight excluding hydrogens is 302 g/mol. The van der Waals surface area contributed by atoms with Crippen molar-refractivity contribution in [3.63, 3.8) is 0 Å². The number of amides is 2. The molecule has 1 aliphatic heterocycles. The second kappa shape index (κ2) is 7.84. The average molecular weight is 325 g/mol. The Labute approximate surface area is 142 Å². The minimum absolute atomic E-state index is 0.186. The topological polar surface area (TPSA) is 53.6 Å². The number of ether oxygens (including phenoxy) is 1. The van der Waals surface area contributed by atoms with Gasteiger partial charge in [-0.1, -0.05) is 30.3 Å². The highest BCUT2D eigenvalue weighted by atomic mass is 16.5. The van der Waals surface area contributed by atoms with Gasteiger partial charge in [-0.15, -0.1) is 0 Å². The molecule has 0 atom stereocenters. The number of para-hydroxylation sites is 3. The molecule has 0 aromatic heterocycles. The fraction of sp³-hybridized carbons (Fsp3) is 0.316. The summed E-state index contributed by atoms with van der Waals surface area (Å²) in [6.45, 7) is 2.03. The molecule has 0 bridgehead atoms. The Balaban J connectivity index is 1.61. The van der Waals surface area contributed by atoms with E-state index >= 15 is 0 Å². The first-order valence-corrected chi connectivity index (χ1v) is 8.29. The van der Waals surface area contributed by atoms with Gasteiger partial charge in [-0.25, -0.2) is 4.79 Å². The number of carbonyl (C=O) groups excluding carboxylic acids is 1. The molecular formula is C19H23N3O2. The van der Waals surface area contributed by atoms with Crippen LogP contribution in [0.4, 0.5) is 10.5 Å². The van der Waals surface area contributed by atoms with Crippen molar-refractivity contribution < 1.29 is 9.53 Å². The molecule has 2 amide bonds. The Kier molecular flexibility index (Phi) is 5.33. The van der Waals surface area contributed by atoms with Crippen molar-refractivity contribution in [1.29, 1.82) is 0 Å². The molecule has 126 valence electrons. The van der Waals surface area contributed by atoms with Gasteiger partial charge >= 0.3 is 6.03 Å². The lowest BCUT2D eigenvalue weighted by molar-refractivity contribution is 0.221. The molecule has 0 spiro atoms. The normalized spacial score (nSPS) is 15.7. The van der Waals surface area contributed by atoms with E-state index in [1.807, 2.05) is 54.6 Å². The molecule has 2 N–H and O–H groups in total. The number of nitrogens with one attached hydrogen (secondary N) is 2. The third kappa shape index (κ3) is 4.49. The number of anilines is 1. The number of nitrogens with zero attached hydrogens (tertiary/aromatic N) is 1. The lowest BCUT2D eigenvalue weighted by Crippen LogP contribution is -2.44. The number of likely N-dealkylation sites (tertiary alicyclic amines) is 1. The molecule has 1 fully saturated rings. The van der Waals surface area contributed by atoms with Crippen LogP contribution in [-0.4, -0.2) is 37.1 Å². The van der Waals surface area contributed by atoms with Gasteiger partial charge in [0, 0.05) is 6.04 Å². The summed E-state index contributed by atoms with van der Waals surface area (Å²) in [5.41, 5.74) is 0.659. The van der Waals surface area contributed by atoms with Crippen molar-refractivity contribution in [2.24, 2.45) is 0 Å². The van der Waals surface area contributed by atoms with Crippen molar-refractivity contribution >= 4 is 11.7 Å². The Morgan fingerprint density at radius 2 is 1.71 bits per heavy atom. The Morgan fingerprint density at radius 1 is 1.04 bits per heavy atom. The number of hydrogen-bond acceptors (Lipinski definition) is 3. The molecule has 3 rings (SSSR count). The molecule has 0 saturated carbocycles. The van der Waals surface area contributed by atoms with Crippen molar-refractivity contribution in [3.05, 3.63) is 54.6 Å². The maximum absolute atomic E-state index is 12.3. The molecule has 0 radical (unpaired) electrons. The Morgan fingerprint density at radius 3 is 2.46 bits per heavy atom. The zero-order valence-corrected chi connectivity index (χ0v) is 13.9. The van der Waals surface area contributed by atoms with Gasteiger partial charge in [-0.05, 0) is 57.2 Å². The zero-order chi connectivity index (χ0) is 16.8. The molecule has 1 heterocycles. The molecule has 2 aromatic rings. The molecule has 1 saturated heterocycles. The predicted octanol–water partition coefficient (Wildman–Crippen LogP) is 3.69. The Hall–Kier alpha value is -2.53. The minimum atomic E-state index is -0.186. The van der Waals surface area contributed by atoms with Gasteiger partial charge in [-0.2, -0.15) is 0 Å². The van der Waals surface area contributed by atoms with Crippen molar-refractivity contribution in [2.45, 2.75) is 18.9 Å². The van der Waals surface area contributed by atoms with Crippen LogP contribution in [-0.2, 0) is 0 Å². The van der Waals surface area contributed by atoms with Crippen LogP contribution < -0.4 is 15.4 Å². The third-order valence-electron chi connectivity index (χ3n) is 4.16. The number of urea groups is 1. The second-order valence-electron chi connectivity index (χ2n) is 6.09. The summed E-state index contributed by atoms with van der Waals surface area (Å²) < 4.78 is 5.87. The van der Waals surface area contributed by atoms with E-state index < -0.39 is 0 Å². The first-order valence-electron chi connectivity index (χ1n) is 8.29. The minimum Gasteiger partial charge on any atom is -0.455 e. The van der Waals surface area contributed by atoms with Crippen LogP contribution in [0.5, 0.6) is 11.5 Å². The number of hydrogen-bond donors (Lipinski definition) is 2. The van der Waals surface area contributed by atoms with E-state index in [9.17, 15) is 4.79 Å². The highest BCUT2D eigenvalue weighted by Gasteiger charge is 2.18. The molecule has 0 unspecified atom stereocenters. The summed E-state index contributed by atoms with van der Waals surface area (Å²) in [5.74, 6) is 1.37. The van der Waals surface area contributed by atoms with Crippen LogP contribution in [0.2, 0.25) is 0 Å². The summed E-state index contributed by atoms with van der Waals surface area (Å²) in [5, 5.41) is 5.95. The fourth-order valence-corrected chi connectivity index (χ4v) is 2.77. The summed E-state index contributed by atoms with van der Waals surface area (Å²) in [7, 11) is 2.10. The SMILES string of the molecule is CN1CCC(NC(=O)Nc2ccccc2Oc2ccccc2)CC1. The van der Waals surface area contributed by atoms with E-state index in [0.29, 0.717) is 11.4 Å². The summed E-state index contributed by atoms with van der Waals surface area (Å²) >= 11 is 0. The van der Waals surface area contributed by atoms with E-state index in [2.05, 4.69) is 22.6 Å². The maximum Gasteiger partial charge on any atom is 0.319 e.